The van der Waals surface area contributed by atoms with Crippen LogP contribution in [0.15, 0.2) is 36.4 Å². The fourth-order valence-corrected chi connectivity index (χ4v) is 3.18. The van der Waals surface area contributed by atoms with Gasteiger partial charge in [-0.15, -0.1) is 0 Å². The van der Waals surface area contributed by atoms with E-state index < -0.39 is 28.9 Å². The van der Waals surface area contributed by atoms with Gasteiger partial charge in [-0.1, -0.05) is 11.3 Å². The molecule has 2 aromatic carbocycles. The molecule has 1 heterocycles. The van der Waals surface area contributed by atoms with Crippen LogP contribution in [-0.4, -0.2) is 29.0 Å². The molecule has 10 heteroatoms. The van der Waals surface area contributed by atoms with E-state index in [1.165, 1.54) is 11.3 Å². The molecule has 0 unspecified atom stereocenters. The highest BCUT2D eigenvalue weighted by molar-refractivity contribution is 7.22. The number of nitro groups is 1. The zero-order valence-electron chi connectivity index (χ0n) is 14.1. The number of thiazole rings is 1. The van der Waals surface area contributed by atoms with Crippen molar-refractivity contribution in [1.29, 1.82) is 0 Å². The van der Waals surface area contributed by atoms with E-state index in [0.717, 1.165) is 22.9 Å². The molecule has 0 spiro atoms. The lowest BCUT2D eigenvalue weighted by molar-refractivity contribution is -0.385. The van der Waals surface area contributed by atoms with Crippen LogP contribution >= 0.6 is 11.3 Å². The van der Waals surface area contributed by atoms with E-state index in [-0.39, 0.29) is 5.75 Å². The molecule has 0 aliphatic heterocycles. The fraction of sp³-hybridized carbons (Fsp3) is 0.176. The van der Waals surface area contributed by atoms with Gasteiger partial charge < -0.3 is 9.47 Å². The Labute approximate surface area is 156 Å². The van der Waals surface area contributed by atoms with Gasteiger partial charge in [0.2, 0.25) is 5.75 Å². The number of amides is 1. The van der Waals surface area contributed by atoms with Crippen molar-refractivity contribution >= 4 is 38.3 Å². The van der Waals surface area contributed by atoms with Crippen LogP contribution in [0.5, 0.6) is 11.5 Å². The van der Waals surface area contributed by atoms with Crippen molar-refractivity contribution < 1.29 is 23.6 Å². The van der Waals surface area contributed by atoms with Gasteiger partial charge in [-0.2, -0.15) is 0 Å². The first-order chi connectivity index (χ1) is 13.0. The van der Waals surface area contributed by atoms with Gasteiger partial charge in [-0.3, -0.25) is 20.2 Å². The van der Waals surface area contributed by atoms with E-state index in [2.05, 4.69) is 10.3 Å². The number of carbonyl (C=O) groups is 1. The molecule has 1 aromatic heterocycles. The summed E-state index contributed by atoms with van der Waals surface area (Å²) in [4.78, 5) is 26.5. The number of hydrogen-bond acceptors (Lipinski definition) is 7. The second-order valence-electron chi connectivity index (χ2n) is 5.29. The quantitative estimate of drug-likeness (QED) is 0.486. The van der Waals surface area contributed by atoms with Gasteiger partial charge in [-0.05, 0) is 31.2 Å². The number of nitrogens with zero attached hydrogens (tertiary/aromatic N) is 2. The Morgan fingerprint density at radius 1 is 1.30 bits per heavy atom. The largest absolute Gasteiger partial charge is 0.494 e. The number of benzene rings is 2. The van der Waals surface area contributed by atoms with Crippen LogP contribution in [0.25, 0.3) is 10.2 Å². The molecule has 0 aliphatic rings. The zero-order valence-corrected chi connectivity index (χ0v) is 14.9. The average molecular weight is 391 g/mol. The highest BCUT2D eigenvalue weighted by atomic mass is 32.1. The smallest absolute Gasteiger partial charge is 0.311 e. The Morgan fingerprint density at radius 2 is 2.11 bits per heavy atom. The van der Waals surface area contributed by atoms with E-state index in [0.29, 0.717) is 23.0 Å². The van der Waals surface area contributed by atoms with E-state index in [1.807, 2.05) is 13.0 Å². The summed E-state index contributed by atoms with van der Waals surface area (Å²) >= 11 is 1.25. The third-order valence-electron chi connectivity index (χ3n) is 3.39. The molecule has 0 saturated carbocycles. The molecule has 140 valence electrons. The lowest BCUT2D eigenvalue weighted by Gasteiger charge is -2.06. The lowest BCUT2D eigenvalue weighted by atomic mass is 10.3. The maximum Gasteiger partial charge on any atom is 0.311 e. The standard InChI is InChI=1S/C17H14FN3O5S/c1-2-25-11-4-5-12-15(8-11)27-17(19-12)20-16(22)9-26-14-7-10(18)3-6-13(14)21(23)24/h3-8H,2,9H2,1H3,(H,19,20,22). The number of rotatable bonds is 7. The second kappa shape index (κ2) is 7.96. The lowest BCUT2D eigenvalue weighted by Crippen LogP contribution is -2.20. The molecule has 8 nitrogen and oxygen atoms in total. The highest BCUT2D eigenvalue weighted by Crippen LogP contribution is 2.30. The molecule has 0 atom stereocenters. The Balaban J connectivity index is 1.67. The highest BCUT2D eigenvalue weighted by Gasteiger charge is 2.17. The maximum absolute atomic E-state index is 13.3. The van der Waals surface area contributed by atoms with Crippen molar-refractivity contribution in [3.05, 3.63) is 52.3 Å². The van der Waals surface area contributed by atoms with Gasteiger partial charge in [0.25, 0.3) is 5.91 Å². The third-order valence-corrected chi connectivity index (χ3v) is 4.33. The van der Waals surface area contributed by atoms with Gasteiger partial charge in [0, 0.05) is 12.1 Å². The summed E-state index contributed by atoms with van der Waals surface area (Å²) in [5, 5.41) is 13.8. The van der Waals surface area contributed by atoms with Crippen LogP contribution in [0.2, 0.25) is 0 Å². The summed E-state index contributed by atoms with van der Waals surface area (Å²) in [6.45, 7) is 1.90. The number of ether oxygens (including phenoxy) is 2. The molecule has 0 bridgehead atoms. The number of nitro benzene ring substituents is 1. The normalized spacial score (nSPS) is 10.6. The van der Waals surface area contributed by atoms with Crippen LogP contribution in [-0.2, 0) is 4.79 Å². The van der Waals surface area contributed by atoms with E-state index in [4.69, 9.17) is 9.47 Å². The van der Waals surface area contributed by atoms with Crippen LogP contribution in [0.3, 0.4) is 0 Å². The van der Waals surface area contributed by atoms with Gasteiger partial charge in [-0.25, -0.2) is 9.37 Å². The molecular formula is C17H14FN3O5S. The predicted octanol–water partition coefficient (Wildman–Crippen LogP) is 3.76. The molecule has 27 heavy (non-hydrogen) atoms. The number of aromatic nitrogens is 1. The zero-order chi connectivity index (χ0) is 19.4. The molecule has 1 amide bonds. The van der Waals surface area contributed by atoms with E-state index in [1.54, 1.807) is 12.1 Å². The summed E-state index contributed by atoms with van der Waals surface area (Å²) in [5.74, 6) is -0.890. The van der Waals surface area contributed by atoms with Crippen LogP contribution in [0.1, 0.15) is 6.92 Å². The Bertz CT molecular complexity index is 1010. The average Bonchev–Trinajstić information content (AvgIpc) is 3.01. The second-order valence-corrected chi connectivity index (χ2v) is 6.32. The van der Waals surface area contributed by atoms with E-state index in [9.17, 15) is 19.3 Å². The molecule has 3 rings (SSSR count). The number of halogens is 1. The molecule has 1 N–H and O–H groups in total. The first-order valence-electron chi connectivity index (χ1n) is 7.86. The van der Waals surface area contributed by atoms with Crippen molar-refractivity contribution in [3.8, 4) is 11.5 Å². The molecule has 0 fully saturated rings. The summed E-state index contributed by atoms with van der Waals surface area (Å²) < 4.78 is 24.6. The first kappa shape index (κ1) is 18.5. The minimum Gasteiger partial charge on any atom is -0.494 e. The van der Waals surface area contributed by atoms with Crippen molar-refractivity contribution in [2.45, 2.75) is 6.92 Å². The Morgan fingerprint density at radius 3 is 2.85 bits per heavy atom. The summed E-state index contributed by atoms with van der Waals surface area (Å²) in [5.41, 5.74) is 0.271. The Kier molecular flexibility index (Phi) is 5.46. The van der Waals surface area contributed by atoms with Gasteiger partial charge in [0.1, 0.15) is 11.6 Å². The Hall–Kier alpha value is -3.27. The third kappa shape index (κ3) is 4.47. The van der Waals surface area contributed by atoms with E-state index >= 15 is 0 Å². The van der Waals surface area contributed by atoms with Gasteiger partial charge >= 0.3 is 5.69 Å². The van der Waals surface area contributed by atoms with Crippen LogP contribution in [0, 0.1) is 15.9 Å². The molecule has 3 aromatic rings. The first-order valence-corrected chi connectivity index (χ1v) is 8.68. The fourth-order valence-electron chi connectivity index (χ4n) is 2.27. The number of carbonyl (C=O) groups excluding carboxylic acids is 1. The van der Waals surface area contributed by atoms with Crippen molar-refractivity contribution in [2.24, 2.45) is 0 Å². The molecule has 0 aliphatic carbocycles. The number of nitrogens with one attached hydrogen (secondary N) is 1. The van der Waals surface area contributed by atoms with Crippen molar-refractivity contribution in [1.82, 2.24) is 4.98 Å². The van der Waals surface area contributed by atoms with Crippen LogP contribution in [0.4, 0.5) is 15.2 Å². The maximum atomic E-state index is 13.3. The van der Waals surface area contributed by atoms with Crippen molar-refractivity contribution in [3.63, 3.8) is 0 Å². The summed E-state index contributed by atoms with van der Waals surface area (Å²) in [6.07, 6.45) is 0. The van der Waals surface area contributed by atoms with Gasteiger partial charge in [0.05, 0.1) is 21.7 Å². The SMILES string of the molecule is CCOc1ccc2nc(NC(=O)COc3cc(F)ccc3[N+](=O)[O-])sc2c1. The molecule has 0 saturated heterocycles. The summed E-state index contributed by atoms with van der Waals surface area (Å²) in [6, 6.07) is 8.16. The topological polar surface area (TPSA) is 104 Å². The minimum absolute atomic E-state index is 0.319. The molecular weight excluding hydrogens is 377 g/mol. The number of hydrogen-bond donors (Lipinski definition) is 1. The van der Waals surface area contributed by atoms with Gasteiger partial charge in [0.15, 0.2) is 11.7 Å². The van der Waals surface area contributed by atoms with Crippen LogP contribution < -0.4 is 14.8 Å². The van der Waals surface area contributed by atoms with Crippen molar-refractivity contribution in [2.75, 3.05) is 18.5 Å². The number of anilines is 1. The summed E-state index contributed by atoms with van der Waals surface area (Å²) in [7, 11) is 0. The number of fused-ring (bicyclic) bond motifs is 1. The minimum atomic E-state index is -0.712. The predicted molar refractivity (Wildman–Crippen MR) is 98.0 cm³/mol. The monoisotopic (exact) mass is 391 g/mol. The molecule has 0 radical (unpaired) electrons.